The van der Waals surface area contributed by atoms with Gasteiger partial charge in [0.1, 0.15) is 0 Å². The molecule has 3 N–H and O–H groups in total. The summed E-state index contributed by atoms with van der Waals surface area (Å²) in [7, 11) is 0. The highest BCUT2D eigenvalue weighted by Gasteiger charge is 2.31. The number of nitrogens with zero attached hydrogens (tertiary/aromatic N) is 4. The van der Waals surface area contributed by atoms with Gasteiger partial charge in [0, 0.05) is 18.2 Å². The third-order valence-electron chi connectivity index (χ3n) is 4.30. The molecule has 2 aromatic rings. The van der Waals surface area contributed by atoms with Crippen LogP contribution in [-0.2, 0) is 4.79 Å². The highest BCUT2D eigenvalue weighted by molar-refractivity contribution is 6.32. The van der Waals surface area contributed by atoms with E-state index in [1.807, 2.05) is 0 Å². The Morgan fingerprint density at radius 2 is 2.25 bits per heavy atom. The number of amides is 1. The molecule has 24 heavy (non-hydrogen) atoms. The molecule has 1 aliphatic heterocycles. The Morgan fingerprint density at radius 3 is 2.96 bits per heavy atom. The topological polar surface area (TPSA) is 105 Å². The van der Waals surface area contributed by atoms with E-state index in [-0.39, 0.29) is 5.91 Å². The predicted molar refractivity (Wildman–Crippen MR) is 87.2 cm³/mol. The summed E-state index contributed by atoms with van der Waals surface area (Å²) in [6.07, 6.45) is 2.07. The normalized spacial score (nSPS) is 23.4. The van der Waals surface area contributed by atoms with Crippen LogP contribution in [0.25, 0.3) is 5.69 Å². The van der Waals surface area contributed by atoms with Crippen LogP contribution < -0.4 is 10.6 Å². The van der Waals surface area contributed by atoms with Crippen LogP contribution in [0.5, 0.6) is 0 Å². The predicted octanol–water partition coefficient (Wildman–Crippen LogP) is 0.854. The van der Waals surface area contributed by atoms with Crippen molar-refractivity contribution in [2.45, 2.75) is 37.3 Å². The molecular formula is C15H17ClN6O2. The van der Waals surface area contributed by atoms with Crippen molar-refractivity contribution in [3.8, 4) is 5.69 Å². The Hall–Kier alpha value is -2.03. The lowest BCUT2D eigenvalue weighted by atomic mass is 10.2. The van der Waals surface area contributed by atoms with E-state index in [0.717, 1.165) is 18.7 Å². The Kier molecular flexibility index (Phi) is 3.95. The lowest BCUT2D eigenvalue weighted by molar-refractivity contribution is -0.117. The van der Waals surface area contributed by atoms with Crippen molar-refractivity contribution in [1.82, 2.24) is 25.5 Å². The van der Waals surface area contributed by atoms with Gasteiger partial charge in [0.2, 0.25) is 5.91 Å². The van der Waals surface area contributed by atoms with Crippen LogP contribution in [-0.4, -0.2) is 49.9 Å². The zero-order valence-electron chi connectivity index (χ0n) is 12.8. The molecule has 2 atom stereocenters. The maximum Gasteiger partial charge on any atom is 0.241 e. The highest BCUT2D eigenvalue weighted by atomic mass is 35.5. The standard InChI is InChI=1S/C15H17ClN6O2/c16-11-4-3-9(18-15(24)12-6-10(23)7-17-12)5-13(11)22-14(8-1-2-8)19-20-21-22/h3-5,8,10,12,17,23H,1-2,6-7H2,(H,18,24). The van der Waals surface area contributed by atoms with Gasteiger partial charge in [-0.1, -0.05) is 11.6 Å². The van der Waals surface area contributed by atoms with Gasteiger partial charge >= 0.3 is 0 Å². The van der Waals surface area contributed by atoms with E-state index in [0.29, 0.717) is 35.3 Å². The molecule has 9 heteroatoms. The van der Waals surface area contributed by atoms with E-state index < -0.39 is 12.1 Å². The summed E-state index contributed by atoms with van der Waals surface area (Å²) in [5.41, 5.74) is 1.25. The van der Waals surface area contributed by atoms with E-state index in [2.05, 4.69) is 26.2 Å². The van der Waals surface area contributed by atoms with E-state index in [1.165, 1.54) is 0 Å². The quantitative estimate of drug-likeness (QED) is 0.756. The molecule has 2 aliphatic rings. The fourth-order valence-corrected chi connectivity index (χ4v) is 3.06. The summed E-state index contributed by atoms with van der Waals surface area (Å²) in [6, 6.07) is 4.81. The van der Waals surface area contributed by atoms with Crippen LogP contribution in [0.1, 0.15) is 31.0 Å². The number of hydrogen-bond acceptors (Lipinski definition) is 6. The van der Waals surface area contributed by atoms with Gasteiger partial charge in [-0.2, -0.15) is 4.68 Å². The molecule has 4 rings (SSSR count). The van der Waals surface area contributed by atoms with Crippen LogP contribution in [0.3, 0.4) is 0 Å². The molecule has 0 spiro atoms. The molecule has 1 aliphatic carbocycles. The SMILES string of the molecule is O=C(Nc1ccc(Cl)c(-n2nnnc2C2CC2)c1)C1CC(O)CN1. The molecule has 1 amide bonds. The molecule has 2 heterocycles. The number of aromatic nitrogens is 4. The first-order valence-corrected chi connectivity index (χ1v) is 8.30. The molecule has 8 nitrogen and oxygen atoms in total. The number of carbonyl (C=O) groups excluding carboxylic acids is 1. The Bertz CT molecular complexity index is 775. The Morgan fingerprint density at radius 1 is 1.42 bits per heavy atom. The lowest BCUT2D eigenvalue weighted by Crippen LogP contribution is -2.35. The zero-order valence-corrected chi connectivity index (χ0v) is 13.6. The lowest BCUT2D eigenvalue weighted by Gasteiger charge is -2.13. The first-order chi connectivity index (χ1) is 11.6. The summed E-state index contributed by atoms with van der Waals surface area (Å²) in [5.74, 6) is 0.985. The largest absolute Gasteiger partial charge is 0.392 e. The van der Waals surface area contributed by atoms with Gasteiger partial charge in [-0.15, -0.1) is 5.10 Å². The minimum Gasteiger partial charge on any atom is -0.392 e. The van der Waals surface area contributed by atoms with E-state index >= 15 is 0 Å². The molecule has 1 saturated heterocycles. The summed E-state index contributed by atoms with van der Waals surface area (Å²) in [4.78, 5) is 12.3. The maximum absolute atomic E-state index is 12.3. The number of tetrazole rings is 1. The number of aliphatic hydroxyl groups is 1. The number of aliphatic hydroxyl groups excluding tert-OH is 1. The Balaban J connectivity index is 1.57. The number of benzene rings is 1. The Labute approximate surface area is 143 Å². The van der Waals surface area contributed by atoms with Crippen molar-refractivity contribution in [2.24, 2.45) is 0 Å². The molecule has 1 saturated carbocycles. The average Bonchev–Trinajstić information content (AvgIpc) is 3.12. The monoisotopic (exact) mass is 348 g/mol. The maximum atomic E-state index is 12.3. The number of β-amino-alcohol motifs (C(OH)–C–C–N with tert-alkyl or cyclic N) is 1. The average molecular weight is 349 g/mol. The number of anilines is 1. The number of carbonyl (C=O) groups is 1. The number of rotatable bonds is 4. The van der Waals surface area contributed by atoms with Crippen LogP contribution in [0.4, 0.5) is 5.69 Å². The molecule has 2 fully saturated rings. The molecule has 2 unspecified atom stereocenters. The highest BCUT2D eigenvalue weighted by Crippen LogP contribution is 2.40. The third kappa shape index (κ3) is 3.00. The van der Waals surface area contributed by atoms with Gasteiger partial charge in [0.05, 0.1) is 22.9 Å². The van der Waals surface area contributed by atoms with E-state index in [1.54, 1.807) is 22.9 Å². The van der Waals surface area contributed by atoms with Crippen LogP contribution in [0.15, 0.2) is 18.2 Å². The van der Waals surface area contributed by atoms with Crippen molar-refractivity contribution in [1.29, 1.82) is 0 Å². The molecule has 0 radical (unpaired) electrons. The number of hydrogen-bond donors (Lipinski definition) is 3. The van der Waals surface area contributed by atoms with Crippen molar-refractivity contribution in [3.05, 3.63) is 29.0 Å². The molecule has 126 valence electrons. The number of halogens is 1. The van der Waals surface area contributed by atoms with Crippen molar-refractivity contribution < 1.29 is 9.90 Å². The second kappa shape index (κ2) is 6.12. The van der Waals surface area contributed by atoms with Gasteiger partial charge in [0.15, 0.2) is 5.82 Å². The van der Waals surface area contributed by atoms with Crippen LogP contribution in [0.2, 0.25) is 5.02 Å². The number of nitrogens with one attached hydrogen (secondary N) is 2. The fraction of sp³-hybridized carbons (Fsp3) is 0.467. The first-order valence-electron chi connectivity index (χ1n) is 7.92. The van der Waals surface area contributed by atoms with Gasteiger partial charge in [-0.25, -0.2) is 0 Å². The molecular weight excluding hydrogens is 332 g/mol. The molecule has 0 bridgehead atoms. The summed E-state index contributed by atoms with van der Waals surface area (Å²) in [6.45, 7) is 0.430. The summed E-state index contributed by atoms with van der Waals surface area (Å²) in [5, 5.41) is 27.7. The van der Waals surface area contributed by atoms with Crippen LogP contribution >= 0.6 is 11.6 Å². The van der Waals surface area contributed by atoms with Gasteiger partial charge < -0.3 is 15.7 Å². The van der Waals surface area contributed by atoms with Crippen molar-refractivity contribution in [3.63, 3.8) is 0 Å². The minimum atomic E-state index is -0.483. The second-order valence-corrected chi connectivity index (χ2v) is 6.64. The molecule has 1 aromatic heterocycles. The third-order valence-corrected chi connectivity index (χ3v) is 4.62. The molecule has 1 aromatic carbocycles. The van der Waals surface area contributed by atoms with E-state index in [9.17, 15) is 9.90 Å². The van der Waals surface area contributed by atoms with Gasteiger partial charge in [-0.05, 0) is 47.9 Å². The van der Waals surface area contributed by atoms with Gasteiger partial charge in [-0.3, -0.25) is 4.79 Å². The van der Waals surface area contributed by atoms with Gasteiger partial charge in [0.25, 0.3) is 0 Å². The fourth-order valence-electron chi connectivity index (χ4n) is 2.86. The zero-order chi connectivity index (χ0) is 16.7. The smallest absolute Gasteiger partial charge is 0.241 e. The van der Waals surface area contributed by atoms with Crippen LogP contribution in [0, 0.1) is 0 Å². The summed E-state index contributed by atoms with van der Waals surface area (Å²) >= 11 is 6.29. The van der Waals surface area contributed by atoms with Crippen molar-refractivity contribution >= 4 is 23.2 Å². The van der Waals surface area contributed by atoms with E-state index in [4.69, 9.17) is 11.6 Å². The second-order valence-electron chi connectivity index (χ2n) is 6.23. The van der Waals surface area contributed by atoms with Crippen molar-refractivity contribution in [2.75, 3.05) is 11.9 Å². The minimum absolute atomic E-state index is 0.182. The first kappa shape index (κ1) is 15.5. The summed E-state index contributed by atoms with van der Waals surface area (Å²) < 4.78 is 1.63.